The van der Waals surface area contributed by atoms with Crippen molar-refractivity contribution in [1.82, 2.24) is 15.5 Å². The molecule has 6 atom stereocenters. The Morgan fingerprint density at radius 1 is 1.15 bits per heavy atom. The smallest absolute Gasteiger partial charge is 0.226 e. The summed E-state index contributed by atoms with van der Waals surface area (Å²) < 4.78 is 34.0. The lowest BCUT2D eigenvalue weighted by Crippen LogP contribution is -2.54. The molecular formula is C31H41F2N3O4. The highest BCUT2D eigenvalue weighted by molar-refractivity contribution is 5.91. The third-order valence-electron chi connectivity index (χ3n) is 8.07. The van der Waals surface area contributed by atoms with Gasteiger partial charge in [-0.25, -0.2) is 8.78 Å². The number of hydrogen-bond donors (Lipinski definition) is 3. The fourth-order valence-electron chi connectivity index (χ4n) is 5.85. The molecule has 7 nitrogen and oxygen atoms in total. The van der Waals surface area contributed by atoms with Gasteiger partial charge >= 0.3 is 0 Å². The number of amides is 2. The number of nitrogens with zero attached hydrogens (tertiary/aromatic N) is 1. The SMILES string of the molecule is CCCCN1CC(C(=O)N[C@@H](Cc2cc(F)cc(F)c2)[C@H](O)[C@H]2C[C@@H](OCc3ccccc3)CN2)C(CC)C1=O. The molecule has 0 saturated carbocycles. The summed E-state index contributed by atoms with van der Waals surface area (Å²) in [5.41, 5.74) is 1.38. The molecule has 2 aliphatic rings. The molecule has 2 aromatic carbocycles. The number of halogens is 2. The number of hydrogen-bond acceptors (Lipinski definition) is 5. The van der Waals surface area contributed by atoms with Gasteiger partial charge < -0.3 is 25.4 Å². The van der Waals surface area contributed by atoms with Gasteiger partial charge in [0, 0.05) is 31.7 Å². The van der Waals surface area contributed by atoms with Crippen molar-refractivity contribution in [2.75, 3.05) is 19.6 Å². The highest BCUT2D eigenvalue weighted by Crippen LogP contribution is 2.29. The lowest BCUT2D eigenvalue weighted by atomic mass is 9.90. The second-order valence-corrected chi connectivity index (χ2v) is 11.0. The fourth-order valence-corrected chi connectivity index (χ4v) is 5.85. The zero-order chi connectivity index (χ0) is 28.6. The van der Waals surface area contributed by atoms with Crippen molar-refractivity contribution >= 4 is 11.8 Å². The van der Waals surface area contributed by atoms with E-state index in [2.05, 4.69) is 17.6 Å². The van der Waals surface area contributed by atoms with Gasteiger partial charge in [-0.2, -0.15) is 0 Å². The molecule has 9 heteroatoms. The van der Waals surface area contributed by atoms with Gasteiger partial charge in [-0.3, -0.25) is 9.59 Å². The fraction of sp³-hybridized carbons (Fsp3) is 0.548. The number of rotatable bonds is 13. The first-order valence-electron chi connectivity index (χ1n) is 14.4. The predicted octanol–water partition coefficient (Wildman–Crippen LogP) is 3.59. The molecule has 2 aromatic rings. The Kier molecular flexibility index (Phi) is 10.6. The maximum Gasteiger partial charge on any atom is 0.226 e. The number of ether oxygens (including phenoxy) is 1. The summed E-state index contributed by atoms with van der Waals surface area (Å²) in [4.78, 5) is 28.3. The molecule has 2 amide bonds. The Morgan fingerprint density at radius 3 is 2.55 bits per heavy atom. The number of nitrogens with one attached hydrogen (secondary N) is 2. The first kappa shape index (κ1) is 30.1. The molecule has 2 heterocycles. The van der Waals surface area contributed by atoms with Gasteiger partial charge in [-0.05, 0) is 48.9 Å². The van der Waals surface area contributed by atoms with Crippen LogP contribution in [0.15, 0.2) is 48.5 Å². The van der Waals surface area contributed by atoms with Crippen LogP contribution in [0.5, 0.6) is 0 Å². The lowest BCUT2D eigenvalue weighted by Gasteiger charge is -2.30. The average Bonchev–Trinajstić information content (AvgIpc) is 3.54. The Morgan fingerprint density at radius 2 is 1.88 bits per heavy atom. The van der Waals surface area contributed by atoms with E-state index in [0.29, 0.717) is 44.6 Å². The standard InChI is InChI=1S/C31H41F2N3O4/c1-3-5-11-36-18-26(25(4-2)31(36)39)30(38)35-28(14-21-12-22(32)15-23(33)13-21)29(37)27-16-24(17-34-27)40-19-20-9-7-6-8-10-20/h6-10,12-13,15,24-29,34,37H,3-5,11,14,16-19H2,1-2H3,(H,35,38)/t24-,25?,26?,27-,28+,29-/m1/s1. The molecule has 3 N–H and O–H groups in total. The van der Waals surface area contributed by atoms with Crippen LogP contribution in [0.4, 0.5) is 8.78 Å². The van der Waals surface area contributed by atoms with Crippen LogP contribution >= 0.6 is 0 Å². The Bertz CT molecular complexity index is 1110. The van der Waals surface area contributed by atoms with Gasteiger partial charge in [0.25, 0.3) is 0 Å². The van der Waals surface area contributed by atoms with Crippen molar-refractivity contribution in [3.05, 3.63) is 71.3 Å². The van der Waals surface area contributed by atoms with Crippen molar-refractivity contribution < 1.29 is 28.2 Å². The lowest BCUT2D eigenvalue weighted by molar-refractivity contribution is -0.133. The molecule has 2 saturated heterocycles. The van der Waals surface area contributed by atoms with Gasteiger partial charge in [0.2, 0.25) is 11.8 Å². The van der Waals surface area contributed by atoms with Gasteiger partial charge in [0.1, 0.15) is 11.6 Å². The maximum absolute atomic E-state index is 14.0. The first-order chi connectivity index (χ1) is 19.3. The summed E-state index contributed by atoms with van der Waals surface area (Å²) in [5, 5.41) is 17.7. The number of likely N-dealkylation sites (tertiary alicyclic amines) is 1. The molecule has 2 aliphatic heterocycles. The Balaban J connectivity index is 1.46. The van der Waals surface area contributed by atoms with Crippen LogP contribution < -0.4 is 10.6 Å². The number of carbonyl (C=O) groups excluding carboxylic acids is 2. The van der Waals surface area contributed by atoms with Gasteiger partial charge in [-0.15, -0.1) is 0 Å². The molecule has 40 heavy (non-hydrogen) atoms. The van der Waals surface area contributed by atoms with Crippen molar-refractivity contribution in [2.45, 2.75) is 76.9 Å². The monoisotopic (exact) mass is 557 g/mol. The highest BCUT2D eigenvalue weighted by atomic mass is 19.1. The van der Waals surface area contributed by atoms with Crippen LogP contribution in [0.3, 0.4) is 0 Å². The predicted molar refractivity (Wildman–Crippen MR) is 148 cm³/mol. The van der Waals surface area contributed by atoms with Crippen LogP contribution in [-0.4, -0.2) is 65.7 Å². The van der Waals surface area contributed by atoms with E-state index in [1.54, 1.807) is 4.90 Å². The van der Waals surface area contributed by atoms with Gasteiger partial charge in [0.05, 0.1) is 36.7 Å². The summed E-state index contributed by atoms with van der Waals surface area (Å²) >= 11 is 0. The highest BCUT2D eigenvalue weighted by Gasteiger charge is 2.44. The molecule has 0 aromatic heterocycles. The molecule has 2 unspecified atom stereocenters. The van der Waals surface area contributed by atoms with Crippen LogP contribution in [0, 0.1) is 23.5 Å². The van der Waals surface area contributed by atoms with Crippen molar-refractivity contribution in [2.24, 2.45) is 11.8 Å². The molecule has 0 radical (unpaired) electrons. The van der Waals surface area contributed by atoms with E-state index in [-0.39, 0.29) is 24.3 Å². The van der Waals surface area contributed by atoms with E-state index < -0.39 is 41.7 Å². The minimum absolute atomic E-state index is 0.0173. The van der Waals surface area contributed by atoms with Crippen molar-refractivity contribution in [3.8, 4) is 0 Å². The molecule has 218 valence electrons. The maximum atomic E-state index is 14.0. The third-order valence-corrected chi connectivity index (χ3v) is 8.07. The van der Waals surface area contributed by atoms with Crippen LogP contribution in [0.25, 0.3) is 0 Å². The second kappa shape index (κ2) is 14.1. The van der Waals surface area contributed by atoms with E-state index in [1.165, 1.54) is 12.1 Å². The minimum atomic E-state index is -1.05. The van der Waals surface area contributed by atoms with Gasteiger partial charge in [-0.1, -0.05) is 50.6 Å². The number of benzene rings is 2. The zero-order valence-corrected chi connectivity index (χ0v) is 23.3. The molecule has 0 bridgehead atoms. The summed E-state index contributed by atoms with van der Waals surface area (Å²) in [6.45, 7) is 5.87. The van der Waals surface area contributed by atoms with E-state index in [4.69, 9.17) is 4.74 Å². The number of aliphatic hydroxyl groups excluding tert-OH is 1. The summed E-state index contributed by atoms with van der Waals surface area (Å²) in [5.74, 6) is -2.76. The number of aliphatic hydroxyl groups is 1. The van der Waals surface area contributed by atoms with E-state index in [1.807, 2.05) is 37.3 Å². The number of carbonyl (C=O) groups is 2. The summed E-state index contributed by atoms with van der Waals surface area (Å²) in [7, 11) is 0. The topological polar surface area (TPSA) is 90.9 Å². The largest absolute Gasteiger partial charge is 0.389 e. The summed E-state index contributed by atoms with van der Waals surface area (Å²) in [6.07, 6.45) is 1.71. The van der Waals surface area contributed by atoms with Gasteiger partial charge in [0.15, 0.2) is 0 Å². The normalized spacial score (nSPS) is 24.3. The molecular weight excluding hydrogens is 516 g/mol. The first-order valence-corrected chi connectivity index (χ1v) is 14.4. The number of unbranched alkanes of at least 4 members (excludes halogenated alkanes) is 1. The van der Waals surface area contributed by atoms with Crippen molar-refractivity contribution in [1.29, 1.82) is 0 Å². The molecule has 0 spiro atoms. The van der Waals surface area contributed by atoms with E-state index in [9.17, 15) is 23.5 Å². The quantitative estimate of drug-likeness (QED) is 0.350. The minimum Gasteiger partial charge on any atom is -0.389 e. The Hall–Kier alpha value is -2.88. The molecule has 2 fully saturated rings. The second-order valence-electron chi connectivity index (χ2n) is 11.0. The van der Waals surface area contributed by atoms with Crippen LogP contribution in [0.1, 0.15) is 50.7 Å². The zero-order valence-electron chi connectivity index (χ0n) is 23.3. The van der Waals surface area contributed by atoms with Crippen molar-refractivity contribution in [3.63, 3.8) is 0 Å². The molecule has 0 aliphatic carbocycles. The van der Waals surface area contributed by atoms with E-state index in [0.717, 1.165) is 24.5 Å². The Labute approximate surface area is 235 Å². The van der Waals surface area contributed by atoms with E-state index >= 15 is 0 Å². The third kappa shape index (κ3) is 7.65. The molecule has 4 rings (SSSR count). The summed E-state index contributed by atoms with van der Waals surface area (Å²) in [6, 6.07) is 11.8. The average molecular weight is 558 g/mol. The van der Waals surface area contributed by atoms with Crippen LogP contribution in [0.2, 0.25) is 0 Å². The van der Waals surface area contributed by atoms with Crippen LogP contribution in [-0.2, 0) is 27.4 Å².